The normalized spacial score (nSPS) is 11.1. The topological polar surface area (TPSA) is 12.5 Å². The zero-order chi connectivity index (χ0) is 19.9. The zero-order valence-corrected chi connectivity index (χ0v) is 16.9. The summed E-state index contributed by atoms with van der Waals surface area (Å²) in [5, 5.41) is 2.52. The maximum Gasteiger partial charge on any atom is 0.123 e. The predicted octanol–water partition coefficient (Wildman–Crippen LogP) is 6.09. The lowest BCUT2D eigenvalue weighted by Crippen LogP contribution is -2.25. The second kappa shape index (κ2) is 9.40. The van der Waals surface area contributed by atoms with E-state index in [0.29, 0.717) is 0 Å². The second-order valence-electron chi connectivity index (χ2n) is 7.40. The summed E-state index contributed by atoms with van der Waals surface area (Å²) in [7, 11) is 1.76. The Morgan fingerprint density at radius 1 is 0.655 bits per heavy atom. The van der Waals surface area contributed by atoms with Crippen LogP contribution < -0.4 is 4.74 Å². The Bertz CT molecular complexity index is 1040. The van der Waals surface area contributed by atoms with Crippen molar-refractivity contribution < 1.29 is 4.74 Å². The SMILES string of the molecule is COc1ccc2ccccc2c1CN(CCc1ccccc1)Cc1ccccc1. The third-order valence-electron chi connectivity index (χ3n) is 5.41. The maximum absolute atomic E-state index is 5.74. The highest BCUT2D eigenvalue weighted by Crippen LogP contribution is 2.29. The largest absolute Gasteiger partial charge is 0.496 e. The molecule has 0 N–H and O–H groups in total. The number of nitrogens with zero attached hydrogens (tertiary/aromatic N) is 1. The smallest absolute Gasteiger partial charge is 0.123 e. The Morgan fingerprint density at radius 3 is 2.03 bits per heavy atom. The standard InChI is InChI=1S/C27H27NO/c1-29-27-17-16-24-14-8-9-15-25(24)26(27)21-28(20-23-12-6-3-7-13-23)19-18-22-10-4-2-5-11-22/h2-17H,18-21H2,1H3. The first kappa shape index (κ1) is 19.2. The highest BCUT2D eigenvalue weighted by molar-refractivity contribution is 5.87. The van der Waals surface area contributed by atoms with Gasteiger partial charge in [-0.05, 0) is 34.4 Å². The van der Waals surface area contributed by atoms with Crippen molar-refractivity contribution >= 4 is 10.8 Å². The molecule has 0 amide bonds. The fourth-order valence-electron chi connectivity index (χ4n) is 3.88. The molecule has 0 unspecified atom stereocenters. The average Bonchev–Trinajstić information content (AvgIpc) is 2.79. The van der Waals surface area contributed by atoms with Crippen LogP contribution in [0.3, 0.4) is 0 Å². The van der Waals surface area contributed by atoms with Crippen LogP contribution in [-0.2, 0) is 19.5 Å². The summed E-state index contributed by atoms with van der Waals surface area (Å²) in [5.74, 6) is 0.960. The summed E-state index contributed by atoms with van der Waals surface area (Å²) in [4.78, 5) is 2.52. The summed E-state index contributed by atoms with van der Waals surface area (Å²) in [5.41, 5.74) is 3.96. The van der Waals surface area contributed by atoms with Crippen molar-refractivity contribution in [1.82, 2.24) is 4.90 Å². The van der Waals surface area contributed by atoms with Crippen molar-refractivity contribution in [2.24, 2.45) is 0 Å². The minimum atomic E-state index is 0.853. The van der Waals surface area contributed by atoms with Crippen LogP contribution in [0.25, 0.3) is 10.8 Å². The molecule has 2 heteroatoms. The molecule has 0 heterocycles. The summed E-state index contributed by atoms with van der Waals surface area (Å²) in [6, 6.07) is 34.2. The van der Waals surface area contributed by atoms with Gasteiger partial charge in [0.1, 0.15) is 5.75 Å². The van der Waals surface area contributed by atoms with E-state index in [9.17, 15) is 0 Å². The van der Waals surface area contributed by atoms with Crippen LogP contribution in [0.2, 0.25) is 0 Å². The average molecular weight is 382 g/mol. The van der Waals surface area contributed by atoms with Crippen LogP contribution in [0.5, 0.6) is 5.75 Å². The first-order valence-corrected chi connectivity index (χ1v) is 10.2. The Morgan fingerprint density at radius 2 is 1.31 bits per heavy atom. The van der Waals surface area contributed by atoms with E-state index < -0.39 is 0 Å². The van der Waals surface area contributed by atoms with E-state index in [2.05, 4.69) is 102 Å². The van der Waals surface area contributed by atoms with E-state index in [4.69, 9.17) is 4.74 Å². The molecule has 0 fully saturated rings. The highest BCUT2D eigenvalue weighted by atomic mass is 16.5. The van der Waals surface area contributed by atoms with Crippen molar-refractivity contribution in [3.63, 3.8) is 0 Å². The lowest BCUT2D eigenvalue weighted by atomic mass is 10.0. The molecule has 0 aliphatic heterocycles. The minimum Gasteiger partial charge on any atom is -0.496 e. The minimum absolute atomic E-state index is 0.853. The van der Waals surface area contributed by atoms with E-state index in [1.165, 1.54) is 27.5 Å². The Labute approximate surface area is 173 Å². The number of fused-ring (bicyclic) bond motifs is 1. The molecule has 0 saturated carbocycles. The number of hydrogen-bond donors (Lipinski definition) is 0. The van der Waals surface area contributed by atoms with Crippen molar-refractivity contribution in [2.75, 3.05) is 13.7 Å². The summed E-state index contributed by atoms with van der Waals surface area (Å²) >= 11 is 0. The van der Waals surface area contributed by atoms with Crippen molar-refractivity contribution in [1.29, 1.82) is 0 Å². The fraction of sp³-hybridized carbons (Fsp3) is 0.185. The van der Waals surface area contributed by atoms with E-state index >= 15 is 0 Å². The van der Waals surface area contributed by atoms with Crippen molar-refractivity contribution in [3.8, 4) is 5.75 Å². The monoisotopic (exact) mass is 381 g/mol. The van der Waals surface area contributed by atoms with Crippen LogP contribution >= 0.6 is 0 Å². The van der Waals surface area contributed by atoms with Crippen LogP contribution in [0.4, 0.5) is 0 Å². The molecule has 0 aromatic heterocycles. The first-order valence-electron chi connectivity index (χ1n) is 10.2. The molecule has 0 atom stereocenters. The highest BCUT2D eigenvalue weighted by Gasteiger charge is 2.14. The molecule has 4 rings (SSSR count). The second-order valence-corrected chi connectivity index (χ2v) is 7.40. The molecule has 0 radical (unpaired) electrons. The van der Waals surface area contributed by atoms with E-state index in [1.54, 1.807) is 7.11 Å². The molecule has 4 aromatic carbocycles. The van der Waals surface area contributed by atoms with Gasteiger partial charge in [0.05, 0.1) is 7.11 Å². The van der Waals surface area contributed by atoms with Crippen molar-refractivity contribution in [3.05, 3.63) is 114 Å². The van der Waals surface area contributed by atoms with Gasteiger partial charge in [0.2, 0.25) is 0 Å². The third kappa shape index (κ3) is 4.85. The first-order chi connectivity index (χ1) is 14.3. The van der Waals surface area contributed by atoms with Gasteiger partial charge in [0, 0.05) is 25.2 Å². The van der Waals surface area contributed by atoms with Crippen molar-refractivity contribution in [2.45, 2.75) is 19.5 Å². The molecule has 0 saturated heterocycles. The molecule has 0 aliphatic carbocycles. The molecule has 146 valence electrons. The van der Waals surface area contributed by atoms with Crippen LogP contribution in [0.1, 0.15) is 16.7 Å². The Kier molecular flexibility index (Phi) is 6.23. The fourth-order valence-corrected chi connectivity index (χ4v) is 3.88. The van der Waals surface area contributed by atoms with E-state index in [0.717, 1.165) is 31.8 Å². The van der Waals surface area contributed by atoms with Gasteiger partial charge < -0.3 is 4.74 Å². The molecule has 0 bridgehead atoms. The lowest BCUT2D eigenvalue weighted by molar-refractivity contribution is 0.256. The molecule has 0 aliphatic rings. The summed E-state index contributed by atoms with van der Waals surface area (Å²) in [6.45, 7) is 2.76. The van der Waals surface area contributed by atoms with Gasteiger partial charge >= 0.3 is 0 Å². The van der Waals surface area contributed by atoms with Gasteiger partial charge in [-0.15, -0.1) is 0 Å². The Balaban J connectivity index is 1.63. The number of benzene rings is 4. The van der Waals surface area contributed by atoms with Gasteiger partial charge in [0.15, 0.2) is 0 Å². The van der Waals surface area contributed by atoms with Crippen LogP contribution in [-0.4, -0.2) is 18.6 Å². The molecule has 2 nitrogen and oxygen atoms in total. The summed E-state index contributed by atoms with van der Waals surface area (Å²) < 4.78 is 5.74. The number of methoxy groups -OCH3 is 1. The quantitative estimate of drug-likeness (QED) is 0.366. The van der Waals surface area contributed by atoms with Gasteiger partial charge in [-0.3, -0.25) is 4.90 Å². The number of ether oxygens (including phenoxy) is 1. The van der Waals surface area contributed by atoms with Gasteiger partial charge in [-0.25, -0.2) is 0 Å². The molecular formula is C27H27NO. The van der Waals surface area contributed by atoms with Gasteiger partial charge in [-0.1, -0.05) is 91.0 Å². The van der Waals surface area contributed by atoms with Gasteiger partial charge in [0.25, 0.3) is 0 Å². The molecule has 4 aromatic rings. The van der Waals surface area contributed by atoms with Gasteiger partial charge in [-0.2, -0.15) is 0 Å². The summed E-state index contributed by atoms with van der Waals surface area (Å²) in [6.07, 6.45) is 1.03. The molecular weight excluding hydrogens is 354 g/mol. The third-order valence-corrected chi connectivity index (χ3v) is 5.41. The van der Waals surface area contributed by atoms with Crippen LogP contribution in [0, 0.1) is 0 Å². The predicted molar refractivity (Wildman–Crippen MR) is 121 cm³/mol. The van der Waals surface area contributed by atoms with E-state index in [1.807, 2.05) is 0 Å². The van der Waals surface area contributed by atoms with Crippen LogP contribution in [0.15, 0.2) is 97.1 Å². The lowest BCUT2D eigenvalue weighted by Gasteiger charge is -2.24. The number of rotatable bonds is 8. The zero-order valence-electron chi connectivity index (χ0n) is 16.9. The number of hydrogen-bond acceptors (Lipinski definition) is 2. The Hall–Kier alpha value is -3.10. The molecule has 29 heavy (non-hydrogen) atoms. The molecule has 0 spiro atoms. The maximum atomic E-state index is 5.74. The van der Waals surface area contributed by atoms with E-state index in [-0.39, 0.29) is 0 Å².